The van der Waals surface area contributed by atoms with Crippen molar-refractivity contribution in [1.29, 1.82) is 0 Å². The van der Waals surface area contributed by atoms with E-state index in [-0.39, 0.29) is 5.91 Å². The predicted molar refractivity (Wildman–Crippen MR) is 106 cm³/mol. The molecule has 132 valence electrons. The number of hydrogen-bond donors (Lipinski definition) is 1. The molecule has 3 aromatic rings. The fourth-order valence-electron chi connectivity index (χ4n) is 2.28. The van der Waals surface area contributed by atoms with Crippen molar-refractivity contribution < 1.29 is 9.53 Å². The van der Waals surface area contributed by atoms with Crippen LogP contribution in [-0.2, 0) is 11.4 Å². The van der Waals surface area contributed by atoms with Crippen molar-refractivity contribution in [3.8, 4) is 5.75 Å². The Kier molecular flexibility index (Phi) is 6.28. The zero-order valence-electron chi connectivity index (χ0n) is 14.5. The quantitative estimate of drug-likeness (QED) is 0.618. The minimum atomic E-state index is -0.0440. The van der Waals surface area contributed by atoms with Crippen LogP contribution >= 0.6 is 11.8 Å². The molecule has 4 nitrogen and oxygen atoms in total. The molecule has 0 unspecified atom stereocenters. The number of hydrogen-bond acceptors (Lipinski definition) is 4. The molecule has 0 bridgehead atoms. The maximum absolute atomic E-state index is 12.2. The van der Waals surface area contributed by atoms with Crippen molar-refractivity contribution in [3.63, 3.8) is 0 Å². The molecule has 2 aromatic carbocycles. The molecule has 1 aromatic heterocycles. The third-order valence-electron chi connectivity index (χ3n) is 3.62. The van der Waals surface area contributed by atoms with Gasteiger partial charge in [-0.15, -0.1) is 11.8 Å². The average molecular weight is 364 g/mol. The van der Waals surface area contributed by atoms with E-state index in [1.165, 1.54) is 17.3 Å². The number of benzene rings is 2. The number of rotatable bonds is 7. The fraction of sp³-hybridized carbons (Fsp3) is 0.143. The number of carbonyl (C=O) groups excluding carboxylic acids is 1. The largest absolute Gasteiger partial charge is 0.487 e. The van der Waals surface area contributed by atoms with Crippen molar-refractivity contribution >= 4 is 23.4 Å². The Morgan fingerprint density at radius 1 is 1.08 bits per heavy atom. The van der Waals surface area contributed by atoms with Crippen LogP contribution in [0.25, 0.3) is 0 Å². The van der Waals surface area contributed by atoms with Crippen LogP contribution in [0.15, 0.2) is 77.8 Å². The summed E-state index contributed by atoms with van der Waals surface area (Å²) in [6.07, 6.45) is 1.74. The molecule has 5 heteroatoms. The zero-order chi connectivity index (χ0) is 18.2. The van der Waals surface area contributed by atoms with Gasteiger partial charge in [-0.1, -0.05) is 29.8 Å². The Morgan fingerprint density at radius 3 is 2.69 bits per heavy atom. The molecule has 3 rings (SSSR count). The molecular formula is C21H20N2O2S. The first-order valence-electron chi connectivity index (χ1n) is 8.31. The van der Waals surface area contributed by atoms with Crippen LogP contribution in [-0.4, -0.2) is 16.6 Å². The van der Waals surface area contributed by atoms with Gasteiger partial charge in [-0.25, -0.2) is 0 Å². The zero-order valence-corrected chi connectivity index (χ0v) is 15.3. The van der Waals surface area contributed by atoms with E-state index < -0.39 is 0 Å². The minimum absolute atomic E-state index is 0.0440. The van der Waals surface area contributed by atoms with Gasteiger partial charge < -0.3 is 10.1 Å². The summed E-state index contributed by atoms with van der Waals surface area (Å²) in [5, 5.41) is 2.91. The van der Waals surface area contributed by atoms with E-state index in [4.69, 9.17) is 4.74 Å². The molecule has 0 radical (unpaired) electrons. The summed E-state index contributed by atoms with van der Waals surface area (Å²) in [4.78, 5) is 17.5. The number of aryl methyl sites for hydroxylation is 1. The van der Waals surface area contributed by atoms with Crippen molar-refractivity contribution in [2.75, 3.05) is 11.1 Å². The van der Waals surface area contributed by atoms with Gasteiger partial charge in [0.1, 0.15) is 12.4 Å². The summed E-state index contributed by atoms with van der Waals surface area (Å²) >= 11 is 1.52. The van der Waals surface area contributed by atoms with Gasteiger partial charge in [-0.3, -0.25) is 9.78 Å². The summed E-state index contributed by atoms with van der Waals surface area (Å²) in [5.41, 5.74) is 2.79. The van der Waals surface area contributed by atoms with Crippen molar-refractivity contribution in [3.05, 3.63) is 84.2 Å². The molecule has 0 aliphatic carbocycles. The van der Waals surface area contributed by atoms with Crippen molar-refractivity contribution in [2.24, 2.45) is 0 Å². The minimum Gasteiger partial charge on any atom is -0.487 e. The Hall–Kier alpha value is -2.79. The summed E-state index contributed by atoms with van der Waals surface area (Å²) in [5.74, 6) is 1.01. The maximum Gasteiger partial charge on any atom is 0.234 e. The van der Waals surface area contributed by atoms with E-state index in [0.717, 1.165) is 16.3 Å². The molecule has 1 heterocycles. The van der Waals surface area contributed by atoms with Crippen LogP contribution in [0.3, 0.4) is 0 Å². The molecule has 0 fully saturated rings. The van der Waals surface area contributed by atoms with E-state index >= 15 is 0 Å². The van der Waals surface area contributed by atoms with E-state index in [1.807, 2.05) is 73.7 Å². The first kappa shape index (κ1) is 18.0. The Bertz CT molecular complexity index is 851. The SMILES string of the molecule is Cc1ccc(SCC(=O)Nc2cccc(OCc3ccccn3)c2)cc1. The van der Waals surface area contributed by atoms with Crippen LogP contribution in [0.2, 0.25) is 0 Å². The second-order valence-corrected chi connectivity index (χ2v) is 6.84. The fourth-order valence-corrected chi connectivity index (χ4v) is 2.98. The predicted octanol–water partition coefficient (Wildman–Crippen LogP) is 4.70. The molecule has 0 aliphatic rings. The molecular weight excluding hydrogens is 344 g/mol. The summed E-state index contributed by atoms with van der Waals surface area (Å²) in [6.45, 7) is 2.44. The topological polar surface area (TPSA) is 51.2 Å². The van der Waals surface area contributed by atoms with Gasteiger partial charge in [0.15, 0.2) is 0 Å². The van der Waals surface area contributed by atoms with Crippen molar-refractivity contribution in [2.45, 2.75) is 18.4 Å². The molecule has 1 N–H and O–H groups in total. The Morgan fingerprint density at radius 2 is 1.92 bits per heavy atom. The normalized spacial score (nSPS) is 10.3. The summed E-state index contributed by atoms with van der Waals surface area (Å²) in [7, 11) is 0. The number of nitrogens with one attached hydrogen (secondary N) is 1. The molecule has 1 amide bonds. The summed E-state index contributed by atoms with van der Waals surface area (Å²) in [6, 6.07) is 21.2. The molecule has 0 saturated carbocycles. The lowest BCUT2D eigenvalue weighted by atomic mass is 10.2. The number of anilines is 1. The Balaban J connectivity index is 1.51. The number of carbonyl (C=O) groups is 1. The molecule has 0 spiro atoms. The van der Waals surface area contributed by atoms with Crippen LogP contribution in [0.5, 0.6) is 5.75 Å². The maximum atomic E-state index is 12.2. The first-order chi connectivity index (χ1) is 12.7. The van der Waals surface area contributed by atoms with Gasteiger partial charge in [0.25, 0.3) is 0 Å². The van der Waals surface area contributed by atoms with E-state index in [9.17, 15) is 4.79 Å². The van der Waals surface area contributed by atoms with Gasteiger partial charge in [0, 0.05) is 22.8 Å². The third-order valence-corrected chi connectivity index (χ3v) is 4.63. The third kappa shape index (κ3) is 5.63. The smallest absolute Gasteiger partial charge is 0.234 e. The molecule has 0 atom stereocenters. The van der Waals surface area contributed by atoms with E-state index in [0.29, 0.717) is 18.1 Å². The highest BCUT2D eigenvalue weighted by Crippen LogP contribution is 2.21. The van der Waals surface area contributed by atoms with Crippen LogP contribution in [0.1, 0.15) is 11.3 Å². The van der Waals surface area contributed by atoms with E-state index in [2.05, 4.69) is 10.3 Å². The van der Waals surface area contributed by atoms with Gasteiger partial charge in [0.05, 0.1) is 11.4 Å². The van der Waals surface area contributed by atoms with Gasteiger partial charge in [-0.05, 0) is 43.3 Å². The molecule has 0 saturated heterocycles. The number of nitrogens with zero attached hydrogens (tertiary/aromatic N) is 1. The van der Waals surface area contributed by atoms with Gasteiger partial charge >= 0.3 is 0 Å². The number of ether oxygens (including phenoxy) is 1. The Labute approximate surface area is 157 Å². The standard InChI is InChI=1S/C21H20N2O2S/c1-16-8-10-20(11-9-16)26-15-21(24)23-17-6-4-7-19(13-17)25-14-18-5-2-3-12-22-18/h2-13H,14-15H2,1H3,(H,23,24). The lowest BCUT2D eigenvalue weighted by Crippen LogP contribution is -2.14. The lowest BCUT2D eigenvalue weighted by Gasteiger charge is -2.09. The first-order valence-corrected chi connectivity index (χ1v) is 9.30. The molecule has 26 heavy (non-hydrogen) atoms. The number of aromatic nitrogens is 1. The molecule has 0 aliphatic heterocycles. The lowest BCUT2D eigenvalue weighted by molar-refractivity contribution is -0.113. The highest BCUT2D eigenvalue weighted by atomic mass is 32.2. The highest BCUT2D eigenvalue weighted by molar-refractivity contribution is 8.00. The van der Waals surface area contributed by atoms with Crippen LogP contribution < -0.4 is 10.1 Å². The van der Waals surface area contributed by atoms with Crippen LogP contribution in [0.4, 0.5) is 5.69 Å². The second kappa shape index (κ2) is 9.06. The highest BCUT2D eigenvalue weighted by Gasteiger charge is 2.05. The van der Waals surface area contributed by atoms with Crippen molar-refractivity contribution in [1.82, 2.24) is 4.98 Å². The van der Waals surface area contributed by atoms with Crippen LogP contribution in [0, 0.1) is 6.92 Å². The average Bonchev–Trinajstić information content (AvgIpc) is 2.67. The number of pyridine rings is 1. The number of thioether (sulfide) groups is 1. The summed E-state index contributed by atoms with van der Waals surface area (Å²) < 4.78 is 5.74. The monoisotopic (exact) mass is 364 g/mol. The van der Waals surface area contributed by atoms with Gasteiger partial charge in [0.2, 0.25) is 5.91 Å². The number of amides is 1. The second-order valence-electron chi connectivity index (χ2n) is 5.79. The van der Waals surface area contributed by atoms with Gasteiger partial charge in [-0.2, -0.15) is 0 Å². The van der Waals surface area contributed by atoms with E-state index in [1.54, 1.807) is 6.20 Å².